The van der Waals surface area contributed by atoms with Crippen LogP contribution in [-0.4, -0.2) is 34.8 Å². The Balaban J connectivity index is 1.61. The molecule has 3 rings (SSSR count). The molecular weight excluding hydrogens is 312 g/mol. The molecule has 2 heterocycles. The summed E-state index contributed by atoms with van der Waals surface area (Å²) < 4.78 is 26.4. The Labute approximate surface area is 130 Å². The van der Waals surface area contributed by atoms with Crippen molar-refractivity contribution in [2.24, 2.45) is 5.92 Å². The number of amides is 2. The highest BCUT2D eigenvalue weighted by atomic mass is 32.1. The molecule has 2 amide bonds. The van der Waals surface area contributed by atoms with Crippen LogP contribution in [0.1, 0.15) is 30.6 Å². The predicted molar refractivity (Wildman–Crippen MR) is 76.6 cm³/mol. The maximum Gasteiger partial charge on any atom is 0.248 e. The molecule has 5 nitrogen and oxygen atoms in total. The quantitative estimate of drug-likeness (QED) is 0.883. The van der Waals surface area contributed by atoms with Crippen LogP contribution in [0.3, 0.4) is 0 Å². The van der Waals surface area contributed by atoms with Crippen LogP contribution >= 0.6 is 11.3 Å². The van der Waals surface area contributed by atoms with Gasteiger partial charge in [0.1, 0.15) is 12.1 Å². The Kier molecular flexibility index (Phi) is 4.12. The van der Waals surface area contributed by atoms with E-state index >= 15 is 0 Å². The lowest BCUT2D eigenvalue weighted by atomic mass is 9.81. The third-order valence-corrected chi connectivity index (χ3v) is 5.14. The molecule has 2 atom stereocenters. The Morgan fingerprint density at radius 1 is 1.23 bits per heavy atom. The van der Waals surface area contributed by atoms with Gasteiger partial charge in [-0.05, 0) is 18.8 Å². The van der Waals surface area contributed by atoms with Gasteiger partial charge in [0.15, 0.2) is 0 Å². The number of carbonyl (C=O) groups excluding carboxylic acids is 2. The van der Waals surface area contributed by atoms with Crippen molar-refractivity contribution < 1.29 is 18.4 Å². The molecule has 2 unspecified atom stereocenters. The number of rotatable bonds is 3. The van der Waals surface area contributed by atoms with Crippen molar-refractivity contribution in [2.45, 2.75) is 50.1 Å². The summed E-state index contributed by atoms with van der Waals surface area (Å²) in [6.45, 7) is 0. The van der Waals surface area contributed by atoms with Crippen LogP contribution in [0.4, 0.5) is 8.78 Å². The minimum Gasteiger partial charge on any atom is -0.342 e. The third kappa shape index (κ3) is 3.26. The fraction of sp³-hybridized carbons (Fsp3) is 0.643. The summed E-state index contributed by atoms with van der Waals surface area (Å²) in [6.07, 6.45) is 2.14. The summed E-state index contributed by atoms with van der Waals surface area (Å²) in [6, 6.07) is -1.31. The van der Waals surface area contributed by atoms with Gasteiger partial charge in [-0.2, -0.15) is 0 Å². The van der Waals surface area contributed by atoms with E-state index in [4.69, 9.17) is 0 Å². The van der Waals surface area contributed by atoms with Crippen molar-refractivity contribution in [2.75, 3.05) is 0 Å². The smallest absolute Gasteiger partial charge is 0.248 e. The summed E-state index contributed by atoms with van der Waals surface area (Å²) in [4.78, 5) is 29.2. The van der Waals surface area contributed by atoms with Gasteiger partial charge in [-0.1, -0.05) is 0 Å². The summed E-state index contributed by atoms with van der Waals surface area (Å²) in [5.41, 5.74) is 1.67. The zero-order valence-electron chi connectivity index (χ0n) is 11.9. The van der Waals surface area contributed by atoms with Gasteiger partial charge in [0, 0.05) is 30.3 Å². The first-order valence-electron chi connectivity index (χ1n) is 7.30. The number of halogens is 2. The highest BCUT2D eigenvalue weighted by Gasteiger charge is 2.43. The fourth-order valence-electron chi connectivity index (χ4n) is 3.06. The van der Waals surface area contributed by atoms with Crippen LogP contribution in [0.25, 0.3) is 0 Å². The molecule has 1 saturated carbocycles. The molecule has 2 aliphatic rings. The molecule has 1 aliphatic carbocycles. The average molecular weight is 329 g/mol. The number of nitrogens with one attached hydrogen (secondary N) is 2. The zero-order valence-corrected chi connectivity index (χ0v) is 12.7. The minimum atomic E-state index is -2.64. The number of aromatic nitrogens is 1. The van der Waals surface area contributed by atoms with E-state index in [1.807, 2.05) is 0 Å². The lowest BCUT2D eigenvalue weighted by Gasteiger charge is -2.37. The molecule has 0 spiro atoms. The fourth-order valence-corrected chi connectivity index (χ4v) is 3.70. The van der Waals surface area contributed by atoms with Gasteiger partial charge in [0.2, 0.25) is 17.7 Å². The summed E-state index contributed by atoms with van der Waals surface area (Å²) in [7, 11) is 0. The number of carbonyl (C=O) groups is 2. The molecule has 1 aromatic heterocycles. The molecule has 2 N–H and O–H groups in total. The van der Waals surface area contributed by atoms with Crippen molar-refractivity contribution in [3.8, 4) is 0 Å². The topological polar surface area (TPSA) is 71.1 Å². The summed E-state index contributed by atoms with van der Waals surface area (Å²) in [5, 5.41) is 5.43. The molecule has 1 aliphatic heterocycles. The van der Waals surface area contributed by atoms with Crippen LogP contribution in [0.5, 0.6) is 0 Å². The van der Waals surface area contributed by atoms with Crippen LogP contribution in [0.15, 0.2) is 11.7 Å². The van der Waals surface area contributed by atoms with Crippen molar-refractivity contribution in [3.05, 3.63) is 16.6 Å². The Hall–Kier alpha value is -1.57. The maximum atomic E-state index is 13.2. The van der Waals surface area contributed by atoms with Gasteiger partial charge < -0.3 is 10.6 Å². The van der Waals surface area contributed by atoms with E-state index in [0.29, 0.717) is 6.42 Å². The molecule has 2 fully saturated rings. The number of hydrogen-bond donors (Lipinski definition) is 2. The molecule has 0 bridgehead atoms. The molecule has 8 heteroatoms. The SMILES string of the molecule is O=C1NC(C2CCC(F)(F)CC2)C(=O)NC1Cc1cncs1. The normalized spacial score (nSPS) is 29.0. The molecule has 1 saturated heterocycles. The van der Waals surface area contributed by atoms with E-state index in [2.05, 4.69) is 15.6 Å². The zero-order chi connectivity index (χ0) is 15.7. The summed E-state index contributed by atoms with van der Waals surface area (Å²) in [5.74, 6) is -3.38. The molecule has 22 heavy (non-hydrogen) atoms. The van der Waals surface area contributed by atoms with Gasteiger partial charge in [-0.15, -0.1) is 11.3 Å². The molecule has 120 valence electrons. The van der Waals surface area contributed by atoms with Gasteiger partial charge in [-0.25, -0.2) is 8.78 Å². The Morgan fingerprint density at radius 2 is 1.95 bits per heavy atom. The second-order valence-electron chi connectivity index (χ2n) is 5.91. The minimum absolute atomic E-state index is 0.215. The van der Waals surface area contributed by atoms with E-state index in [0.717, 1.165) is 4.88 Å². The number of thiazole rings is 1. The Morgan fingerprint density at radius 3 is 2.59 bits per heavy atom. The van der Waals surface area contributed by atoms with Gasteiger partial charge in [0.25, 0.3) is 0 Å². The summed E-state index contributed by atoms with van der Waals surface area (Å²) >= 11 is 1.42. The van der Waals surface area contributed by atoms with Gasteiger partial charge in [0.05, 0.1) is 5.51 Å². The van der Waals surface area contributed by atoms with Crippen molar-refractivity contribution in [3.63, 3.8) is 0 Å². The first-order valence-corrected chi connectivity index (χ1v) is 8.18. The predicted octanol–water partition coefficient (Wildman–Crippen LogP) is 1.49. The third-order valence-electron chi connectivity index (χ3n) is 4.34. The van der Waals surface area contributed by atoms with Crippen LogP contribution in [0, 0.1) is 5.92 Å². The van der Waals surface area contributed by atoms with E-state index < -0.39 is 18.0 Å². The number of nitrogens with zero attached hydrogens (tertiary/aromatic N) is 1. The Bertz CT molecular complexity index is 554. The van der Waals surface area contributed by atoms with Crippen molar-refractivity contribution in [1.82, 2.24) is 15.6 Å². The van der Waals surface area contributed by atoms with Gasteiger partial charge in [-0.3, -0.25) is 14.6 Å². The lowest BCUT2D eigenvalue weighted by molar-refractivity contribution is -0.139. The molecule has 0 aromatic carbocycles. The average Bonchev–Trinajstić information content (AvgIpc) is 2.96. The van der Waals surface area contributed by atoms with E-state index in [1.54, 1.807) is 11.7 Å². The second kappa shape index (κ2) is 5.91. The first-order chi connectivity index (χ1) is 10.4. The van der Waals surface area contributed by atoms with Crippen LogP contribution < -0.4 is 10.6 Å². The lowest BCUT2D eigenvalue weighted by Crippen LogP contribution is -2.64. The standard InChI is InChI=1S/C14H17F2N3O2S/c15-14(16)3-1-8(2-4-14)11-13(21)18-10(12(20)19-11)5-9-6-17-7-22-9/h6-8,10-11H,1-5H2,(H,18,21)(H,19,20). The van der Waals surface area contributed by atoms with Crippen LogP contribution in [0.2, 0.25) is 0 Å². The highest BCUT2D eigenvalue weighted by Crippen LogP contribution is 2.37. The van der Waals surface area contributed by atoms with E-state index in [1.165, 1.54) is 11.3 Å². The number of hydrogen-bond acceptors (Lipinski definition) is 4. The monoisotopic (exact) mass is 329 g/mol. The second-order valence-corrected chi connectivity index (χ2v) is 6.88. The van der Waals surface area contributed by atoms with Crippen LogP contribution in [-0.2, 0) is 16.0 Å². The number of piperazine rings is 1. The van der Waals surface area contributed by atoms with Crippen molar-refractivity contribution >= 4 is 23.2 Å². The molecule has 1 aromatic rings. The van der Waals surface area contributed by atoms with Gasteiger partial charge >= 0.3 is 0 Å². The largest absolute Gasteiger partial charge is 0.342 e. The maximum absolute atomic E-state index is 13.2. The molecular formula is C14H17F2N3O2S. The number of alkyl halides is 2. The highest BCUT2D eigenvalue weighted by molar-refractivity contribution is 7.09. The van der Waals surface area contributed by atoms with E-state index in [9.17, 15) is 18.4 Å². The first kappa shape index (κ1) is 15.3. The van der Waals surface area contributed by atoms with Crippen molar-refractivity contribution in [1.29, 1.82) is 0 Å². The molecule has 0 radical (unpaired) electrons. The van der Waals surface area contributed by atoms with E-state index in [-0.39, 0.29) is 43.4 Å².